The number of hydrogen-bond acceptors (Lipinski definition) is 2. The smallest absolute Gasteiger partial charge is 0.135 e. The van der Waals surface area contributed by atoms with Crippen LogP contribution in [0, 0.1) is 0 Å². The maximum absolute atomic E-state index is 6.18. The van der Waals surface area contributed by atoms with Crippen molar-refractivity contribution in [2.75, 3.05) is 6.54 Å². The Labute approximate surface area is 170 Å². The maximum Gasteiger partial charge on any atom is 0.135 e. The summed E-state index contributed by atoms with van der Waals surface area (Å²) in [7, 11) is 0. The molecule has 4 rings (SSSR count). The van der Waals surface area contributed by atoms with Gasteiger partial charge >= 0.3 is 0 Å². The molecule has 4 aromatic carbocycles. The summed E-state index contributed by atoms with van der Waals surface area (Å²) in [6, 6.07) is 30.7. The average Bonchev–Trinajstić information content (AvgIpc) is 2.72. The van der Waals surface area contributed by atoms with Gasteiger partial charge in [0, 0.05) is 17.0 Å². The molecule has 0 bridgehead atoms. The predicted molar refractivity (Wildman–Crippen MR) is 117 cm³/mol. The summed E-state index contributed by atoms with van der Waals surface area (Å²) in [5.74, 6) is 1.73. The number of rotatable bonds is 7. The molecule has 3 heteroatoms. The van der Waals surface area contributed by atoms with E-state index in [1.54, 1.807) is 0 Å². The number of fused-ring (bicyclic) bond motifs is 1. The van der Waals surface area contributed by atoms with Crippen LogP contribution in [0.1, 0.15) is 11.1 Å². The molecule has 2 nitrogen and oxygen atoms in total. The lowest BCUT2D eigenvalue weighted by Crippen LogP contribution is -2.16. The van der Waals surface area contributed by atoms with Gasteiger partial charge in [-0.25, -0.2) is 0 Å². The molecule has 0 fully saturated rings. The van der Waals surface area contributed by atoms with E-state index in [0.29, 0.717) is 0 Å². The Morgan fingerprint density at radius 3 is 2.46 bits per heavy atom. The molecule has 0 saturated heterocycles. The van der Waals surface area contributed by atoms with Crippen molar-refractivity contribution < 1.29 is 4.74 Å². The Bertz CT molecular complexity index is 1070. The molecule has 140 valence electrons. The van der Waals surface area contributed by atoms with Crippen LogP contribution in [-0.2, 0) is 13.0 Å². The van der Waals surface area contributed by atoms with E-state index >= 15 is 0 Å². The van der Waals surface area contributed by atoms with E-state index in [9.17, 15) is 0 Å². The van der Waals surface area contributed by atoms with Crippen molar-refractivity contribution >= 4 is 22.4 Å². The van der Waals surface area contributed by atoms with Gasteiger partial charge in [-0.2, -0.15) is 0 Å². The standard InChI is InChI=1S/C25H22ClNO/c26-22-10-3-6-19(16-22)14-15-27-18-20-7-4-11-23(17-20)28-25-13-5-9-21-8-1-2-12-24(21)25/h1-13,16-17,27H,14-15,18H2. The second kappa shape index (κ2) is 8.92. The van der Waals surface area contributed by atoms with Crippen LogP contribution < -0.4 is 10.1 Å². The molecule has 4 aromatic rings. The molecule has 0 aromatic heterocycles. The van der Waals surface area contributed by atoms with Crippen LogP contribution in [0.4, 0.5) is 0 Å². The van der Waals surface area contributed by atoms with Gasteiger partial charge in [-0.15, -0.1) is 0 Å². The van der Waals surface area contributed by atoms with Crippen LogP contribution in [0.15, 0.2) is 91.0 Å². The highest BCUT2D eigenvalue weighted by Gasteiger charge is 2.04. The zero-order chi connectivity index (χ0) is 19.2. The lowest BCUT2D eigenvalue weighted by molar-refractivity contribution is 0.487. The predicted octanol–water partition coefficient (Wildman–Crippen LogP) is 6.62. The Morgan fingerprint density at radius 1 is 0.750 bits per heavy atom. The Hall–Kier alpha value is -2.81. The minimum atomic E-state index is 0.788. The molecule has 0 amide bonds. The highest BCUT2D eigenvalue weighted by atomic mass is 35.5. The monoisotopic (exact) mass is 387 g/mol. The van der Waals surface area contributed by atoms with Gasteiger partial charge < -0.3 is 10.1 Å². The van der Waals surface area contributed by atoms with Crippen molar-refractivity contribution in [3.63, 3.8) is 0 Å². The van der Waals surface area contributed by atoms with E-state index in [1.807, 2.05) is 54.6 Å². The van der Waals surface area contributed by atoms with Gasteiger partial charge in [0.05, 0.1) is 0 Å². The Morgan fingerprint density at radius 2 is 1.54 bits per heavy atom. The van der Waals surface area contributed by atoms with Crippen molar-refractivity contribution in [3.05, 3.63) is 107 Å². The number of benzene rings is 4. The van der Waals surface area contributed by atoms with Crippen LogP contribution in [0.5, 0.6) is 11.5 Å². The molecule has 0 atom stereocenters. The summed E-state index contributed by atoms with van der Waals surface area (Å²) in [5, 5.41) is 6.58. The number of nitrogens with one attached hydrogen (secondary N) is 1. The van der Waals surface area contributed by atoms with Gasteiger partial charge in [0.25, 0.3) is 0 Å². The lowest BCUT2D eigenvalue weighted by Gasteiger charge is -2.11. The molecule has 0 radical (unpaired) electrons. The van der Waals surface area contributed by atoms with E-state index in [2.05, 4.69) is 41.7 Å². The first kappa shape index (κ1) is 18.5. The van der Waals surface area contributed by atoms with Crippen LogP contribution in [0.2, 0.25) is 5.02 Å². The van der Waals surface area contributed by atoms with Crippen LogP contribution in [-0.4, -0.2) is 6.54 Å². The summed E-state index contributed by atoms with van der Waals surface area (Å²) in [6.07, 6.45) is 0.951. The van der Waals surface area contributed by atoms with E-state index in [-0.39, 0.29) is 0 Å². The third-order valence-corrected chi connectivity index (χ3v) is 4.92. The first-order chi connectivity index (χ1) is 13.8. The normalized spacial score (nSPS) is 10.9. The van der Waals surface area contributed by atoms with Gasteiger partial charge in [-0.1, -0.05) is 72.3 Å². The number of hydrogen-bond donors (Lipinski definition) is 1. The Balaban J connectivity index is 1.37. The molecule has 1 N–H and O–H groups in total. The second-order valence-corrected chi connectivity index (χ2v) is 7.22. The highest BCUT2D eigenvalue weighted by Crippen LogP contribution is 2.30. The van der Waals surface area contributed by atoms with Crippen molar-refractivity contribution in [3.8, 4) is 11.5 Å². The summed E-state index contributed by atoms with van der Waals surface area (Å²) in [6.45, 7) is 1.70. The van der Waals surface area contributed by atoms with Gasteiger partial charge in [0.15, 0.2) is 0 Å². The third-order valence-electron chi connectivity index (χ3n) is 4.68. The lowest BCUT2D eigenvalue weighted by atomic mass is 10.1. The topological polar surface area (TPSA) is 21.3 Å². The van der Waals surface area contributed by atoms with E-state index in [0.717, 1.165) is 41.4 Å². The van der Waals surface area contributed by atoms with Gasteiger partial charge in [0.1, 0.15) is 11.5 Å². The van der Waals surface area contributed by atoms with Crippen molar-refractivity contribution in [1.29, 1.82) is 0 Å². The first-order valence-electron chi connectivity index (χ1n) is 9.48. The molecule has 28 heavy (non-hydrogen) atoms. The van der Waals surface area contributed by atoms with Crippen molar-refractivity contribution in [2.24, 2.45) is 0 Å². The first-order valence-corrected chi connectivity index (χ1v) is 9.85. The summed E-state index contributed by atoms with van der Waals surface area (Å²) in [5.41, 5.74) is 2.44. The fourth-order valence-electron chi connectivity index (χ4n) is 3.29. The van der Waals surface area contributed by atoms with Gasteiger partial charge in [0.2, 0.25) is 0 Å². The molecular formula is C25H22ClNO. The molecular weight excluding hydrogens is 366 g/mol. The zero-order valence-corrected chi connectivity index (χ0v) is 16.3. The fraction of sp³-hybridized carbons (Fsp3) is 0.120. The third kappa shape index (κ3) is 4.72. The highest BCUT2D eigenvalue weighted by molar-refractivity contribution is 6.30. The molecule has 0 unspecified atom stereocenters. The SMILES string of the molecule is Clc1cccc(CCNCc2cccc(Oc3cccc4ccccc34)c2)c1. The van der Waals surface area contributed by atoms with E-state index < -0.39 is 0 Å². The molecule has 0 aliphatic rings. The zero-order valence-electron chi connectivity index (χ0n) is 15.6. The van der Waals surface area contributed by atoms with Crippen LogP contribution >= 0.6 is 11.6 Å². The van der Waals surface area contributed by atoms with Crippen LogP contribution in [0.3, 0.4) is 0 Å². The minimum Gasteiger partial charge on any atom is -0.457 e. The van der Waals surface area contributed by atoms with Crippen molar-refractivity contribution in [2.45, 2.75) is 13.0 Å². The molecule has 0 saturated carbocycles. The fourth-order valence-corrected chi connectivity index (χ4v) is 3.50. The number of halogens is 1. The van der Waals surface area contributed by atoms with Crippen molar-refractivity contribution in [1.82, 2.24) is 5.32 Å². The second-order valence-electron chi connectivity index (χ2n) is 6.78. The molecule has 0 heterocycles. The quantitative estimate of drug-likeness (QED) is 0.360. The minimum absolute atomic E-state index is 0.788. The summed E-state index contributed by atoms with van der Waals surface area (Å²) < 4.78 is 6.18. The molecule has 0 spiro atoms. The van der Waals surface area contributed by atoms with E-state index in [1.165, 1.54) is 16.5 Å². The van der Waals surface area contributed by atoms with Gasteiger partial charge in [-0.3, -0.25) is 0 Å². The average molecular weight is 388 g/mol. The number of ether oxygens (including phenoxy) is 1. The maximum atomic E-state index is 6.18. The Kier molecular flexibility index (Phi) is 5.91. The largest absolute Gasteiger partial charge is 0.457 e. The van der Waals surface area contributed by atoms with E-state index in [4.69, 9.17) is 16.3 Å². The summed E-state index contributed by atoms with van der Waals surface area (Å²) >= 11 is 6.04. The molecule has 0 aliphatic carbocycles. The van der Waals surface area contributed by atoms with Gasteiger partial charge in [-0.05, 0) is 59.8 Å². The van der Waals surface area contributed by atoms with Crippen LogP contribution in [0.25, 0.3) is 10.8 Å². The molecule has 0 aliphatic heterocycles. The summed E-state index contributed by atoms with van der Waals surface area (Å²) in [4.78, 5) is 0.